The standard InChI is InChI=1S/C13H21N3O2/c1-4-15(8-10(2)3)9-11-5-6-12(14)13(7-11)16(17)18/h5-7,10H,4,8-9,14H2,1-3H3. The van der Waals surface area contributed by atoms with Gasteiger partial charge >= 0.3 is 0 Å². The molecule has 0 aromatic heterocycles. The van der Waals surface area contributed by atoms with E-state index in [1.807, 2.05) is 6.07 Å². The summed E-state index contributed by atoms with van der Waals surface area (Å²) < 4.78 is 0. The second-order valence-corrected chi connectivity index (χ2v) is 4.87. The Morgan fingerprint density at radius 3 is 2.61 bits per heavy atom. The van der Waals surface area contributed by atoms with Crippen molar-refractivity contribution in [2.24, 2.45) is 5.92 Å². The van der Waals surface area contributed by atoms with Crippen molar-refractivity contribution >= 4 is 11.4 Å². The van der Waals surface area contributed by atoms with Crippen LogP contribution in [0, 0.1) is 16.0 Å². The molecular weight excluding hydrogens is 230 g/mol. The summed E-state index contributed by atoms with van der Waals surface area (Å²) in [5.74, 6) is 0.578. The van der Waals surface area contributed by atoms with Crippen LogP contribution in [0.15, 0.2) is 18.2 Å². The molecule has 5 nitrogen and oxygen atoms in total. The fourth-order valence-electron chi connectivity index (χ4n) is 1.93. The van der Waals surface area contributed by atoms with E-state index in [0.29, 0.717) is 5.92 Å². The van der Waals surface area contributed by atoms with Crippen LogP contribution in [0.4, 0.5) is 11.4 Å². The zero-order chi connectivity index (χ0) is 13.7. The van der Waals surface area contributed by atoms with Gasteiger partial charge in [-0.1, -0.05) is 26.8 Å². The van der Waals surface area contributed by atoms with Crippen molar-refractivity contribution in [1.82, 2.24) is 4.90 Å². The van der Waals surface area contributed by atoms with Crippen molar-refractivity contribution in [2.45, 2.75) is 27.3 Å². The van der Waals surface area contributed by atoms with Crippen molar-refractivity contribution in [1.29, 1.82) is 0 Å². The Kier molecular flexibility index (Phi) is 5.09. The number of hydrogen-bond donors (Lipinski definition) is 1. The Morgan fingerprint density at radius 1 is 1.44 bits per heavy atom. The van der Waals surface area contributed by atoms with Crippen molar-refractivity contribution in [3.05, 3.63) is 33.9 Å². The van der Waals surface area contributed by atoms with Gasteiger partial charge in [-0.05, 0) is 24.1 Å². The molecule has 1 aromatic carbocycles. The molecule has 0 heterocycles. The van der Waals surface area contributed by atoms with E-state index >= 15 is 0 Å². The van der Waals surface area contributed by atoms with Gasteiger partial charge in [-0.3, -0.25) is 15.0 Å². The molecule has 0 bridgehead atoms. The number of nitro benzene ring substituents is 1. The van der Waals surface area contributed by atoms with Crippen LogP contribution < -0.4 is 5.73 Å². The smallest absolute Gasteiger partial charge is 0.292 e. The van der Waals surface area contributed by atoms with Crippen LogP contribution in [0.25, 0.3) is 0 Å². The number of benzene rings is 1. The minimum absolute atomic E-state index is 0.00639. The van der Waals surface area contributed by atoms with Gasteiger partial charge in [0.25, 0.3) is 5.69 Å². The van der Waals surface area contributed by atoms with Crippen LogP contribution in [0.2, 0.25) is 0 Å². The van der Waals surface area contributed by atoms with Crippen molar-refractivity contribution in [3.63, 3.8) is 0 Å². The summed E-state index contributed by atoms with van der Waals surface area (Å²) in [7, 11) is 0. The molecule has 0 unspecified atom stereocenters. The molecule has 0 aliphatic heterocycles. The maximum atomic E-state index is 10.8. The highest BCUT2D eigenvalue weighted by molar-refractivity contribution is 5.59. The van der Waals surface area contributed by atoms with Gasteiger partial charge in [0.05, 0.1) is 4.92 Å². The summed E-state index contributed by atoms with van der Waals surface area (Å²) in [6.07, 6.45) is 0. The fourth-order valence-corrected chi connectivity index (χ4v) is 1.93. The number of hydrogen-bond acceptors (Lipinski definition) is 4. The van der Waals surface area contributed by atoms with Gasteiger partial charge in [-0.15, -0.1) is 0 Å². The van der Waals surface area contributed by atoms with E-state index in [2.05, 4.69) is 25.7 Å². The number of nitrogen functional groups attached to an aromatic ring is 1. The van der Waals surface area contributed by atoms with Crippen LogP contribution in [0.1, 0.15) is 26.3 Å². The summed E-state index contributed by atoms with van der Waals surface area (Å²) in [4.78, 5) is 12.6. The van der Waals surface area contributed by atoms with Gasteiger partial charge in [0.15, 0.2) is 0 Å². The molecule has 18 heavy (non-hydrogen) atoms. The summed E-state index contributed by atoms with van der Waals surface area (Å²) in [6, 6.07) is 5.03. The van der Waals surface area contributed by atoms with Crippen LogP contribution in [-0.4, -0.2) is 22.9 Å². The number of anilines is 1. The summed E-state index contributed by atoms with van der Waals surface area (Å²) in [5.41, 5.74) is 6.72. The lowest BCUT2D eigenvalue weighted by atomic mass is 10.1. The van der Waals surface area contributed by atoms with Crippen molar-refractivity contribution in [3.8, 4) is 0 Å². The molecular formula is C13H21N3O2. The van der Waals surface area contributed by atoms with Crippen LogP contribution in [-0.2, 0) is 6.54 Å². The van der Waals surface area contributed by atoms with E-state index in [4.69, 9.17) is 5.73 Å². The molecule has 1 aromatic rings. The predicted octanol–water partition coefficient (Wildman–Crippen LogP) is 2.65. The van der Waals surface area contributed by atoms with Gasteiger partial charge in [-0.25, -0.2) is 0 Å². The Morgan fingerprint density at radius 2 is 2.11 bits per heavy atom. The van der Waals surface area contributed by atoms with E-state index in [-0.39, 0.29) is 11.4 Å². The molecule has 0 spiro atoms. The average Bonchev–Trinajstić information content (AvgIpc) is 2.29. The first-order valence-corrected chi connectivity index (χ1v) is 6.19. The molecule has 1 rings (SSSR count). The van der Waals surface area contributed by atoms with Gasteiger partial charge < -0.3 is 5.73 Å². The molecule has 2 N–H and O–H groups in total. The highest BCUT2D eigenvalue weighted by Crippen LogP contribution is 2.23. The molecule has 0 fully saturated rings. The molecule has 0 atom stereocenters. The molecule has 0 aliphatic carbocycles. The Labute approximate surface area is 108 Å². The molecule has 0 amide bonds. The number of nitro groups is 1. The quantitative estimate of drug-likeness (QED) is 0.479. The number of nitrogens with two attached hydrogens (primary N) is 1. The third-order valence-corrected chi connectivity index (χ3v) is 2.77. The number of nitrogens with zero attached hydrogens (tertiary/aromatic N) is 2. The van der Waals surface area contributed by atoms with E-state index in [9.17, 15) is 10.1 Å². The summed E-state index contributed by atoms with van der Waals surface area (Å²) in [5, 5.41) is 10.8. The first-order valence-electron chi connectivity index (χ1n) is 6.19. The second kappa shape index (κ2) is 6.35. The lowest BCUT2D eigenvalue weighted by molar-refractivity contribution is -0.384. The maximum absolute atomic E-state index is 10.8. The summed E-state index contributed by atoms with van der Waals surface area (Å²) >= 11 is 0. The largest absolute Gasteiger partial charge is 0.393 e. The zero-order valence-corrected chi connectivity index (χ0v) is 11.2. The minimum Gasteiger partial charge on any atom is -0.393 e. The van der Waals surface area contributed by atoms with Gasteiger partial charge in [0.2, 0.25) is 0 Å². The van der Waals surface area contributed by atoms with Crippen molar-refractivity contribution < 1.29 is 4.92 Å². The molecule has 0 radical (unpaired) electrons. The Bertz CT molecular complexity index is 419. The predicted molar refractivity (Wildman–Crippen MR) is 73.3 cm³/mol. The lowest BCUT2D eigenvalue weighted by Gasteiger charge is -2.22. The third kappa shape index (κ3) is 4.00. The molecule has 0 aliphatic rings. The highest BCUT2D eigenvalue weighted by atomic mass is 16.6. The molecule has 0 saturated carbocycles. The highest BCUT2D eigenvalue weighted by Gasteiger charge is 2.13. The van der Waals surface area contributed by atoms with Gasteiger partial charge in [-0.2, -0.15) is 0 Å². The number of rotatable bonds is 6. The average molecular weight is 251 g/mol. The van der Waals surface area contributed by atoms with E-state index < -0.39 is 4.92 Å². The van der Waals surface area contributed by atoms with Gasteiger partial charge in [0.1, 0.15) is 5.69 Å². The molecule has 100 valence electrons. The van der Waals surface area contributed by atoms with Crippen molar-refractivity contribution in [2.75, 3.05) is 18.8 Å². The van der Waals surface area contributed by atoms with Crippen LogP contribution >= 0.6 is 0 Å². The first-order chi connectivity index (χ1) is 8.43. The van der Waals surface area contributed by atoms with Crippen LogP contribution in [0.5, 0.6) is 0 Å². The van der Waals surface area contributed by atoms with Crippen LogP contribution in [0.3, 0.4) is 0 Å². The van der Waals surface area contributed by atoms with E-state index in [0.717, 1.165) is 25.2 Å². The Balaban J connectivity index is 2.83. The summed E-state index contributed by atoms with van der Waals surface area (Å²) in [6.45, 7) is 9.04. The normalized spacial score (nSPS) is 11.2. The maximum Gasteiger partial charge on any atom is 0.292 e. The minimum atomic E-state index is -0.433. The zero-order valence-electron chi connectivity index (χ0n) is 11.2. The topological polar surface area (TPSA) is 72.4 Å². The van der Waals surface area contributed by atoms with Gasteiger partial charge in [0, 0.05) is 19.2 Å². The SMILES string of the molecule is CCN(Cc1ccc(N)c([N+](=O)[O-])c1)CC(C)C. The van der Waals surface area contributed by atoms with E-state index in [1.54, 1.807) is 12.1 Å². The monoisotopic (exact) mass is 251 g/mol. The van der Waals surface area contributed by atoms with E-state index in [1.165, 1.54) is 0 Å². The first kappa shape index (κ1) is 14.4. The fraction of sp³-hybridized carbons (Fsp3) is 0.538. The Hall–Kier alpha value is -1.62. The second-order valence-electron chi connectivity index (χ2n) is 4.87. The molecule has 5 heteroatoms. The lowest BCUT2D eigenvalue weighted by Crippen LogP contribution is -2.27. The molecule has 0 saturated heterocycles. The third-order valence-electron chi connectivity index (χ3n) is 2.77.